The maximum absolute atomic E-state index is 5.78. The number of nitrogens with one attached hydrogen (secondary N) is 1. The van der Waals surface area contributed by atoms with Crippen molar-refractivity contribution in [1.29, 1.82) is 0 Å². The minimum absolute atomic E-state index is 0.251. The van der Waals surface area contributed by atoms with Crippen molar-refractivity contribution < 1.29 is 4.74 Å². The summed E-state index contributed by atoms with van der Waals surface area (Å²) in [5.41, 5.74) is 5.78. The SMILES string of the molecule is CSCCC(C)Nc1nc(N)nc(N2CCOCC2)n1. The number of nitrogen functional groups attached to an aromatic ring is 1. The lowest BCUT2D eigenvalue weighted by atomic mass is 10.3. The Morgan fingerprint density at radius 1 is 1.35 bits per heavy atom. The van der Waals surface area contributed by atoms with Crippen LogP contribution in [0.15, 0.2) is 0 Å². The van der Waals surface area contributed by atoms with Crippen LogP contribution in [0.5, 0.6) is 0 Å². The molecule has 0 aliphatic carbocycles. The van der Waals surface area contributed by atoms with Crippen molar-refractivity contribution >= 4 is 29.6 Å². The molecule has 0 amide bonds. The lowest BCUT2D eigenvalue weighted by Crippen LogP contribution is -2.37. The monoisotopic (exact) mass is 298 g/mol. The molecule has 1 atom stereocenters. The number of anilines is 3. The topological polar surface area (TPSA) is 89.2 Å². The molecule has 1 unspecified atom stereocenters. The Morgan fingerprint density at radius 3 is 2.80 bits per heavy atom. The highest BCUT2D eigenvalue weighted by atomic mass is 32.2. The van der Waals surface area contributed by atoms with Gasteiger partial charge < -0.3 is 20.7 Å². The fourth-order valence-electron chi connectivity index (χ4n) is 1.94. The number of hydrogen-bond acceptors (Lipinski definition) is 8. The normalized spacial score (nSPS) is 17.0. The van der Waals surface area contributed by atoms with E-state index in [0.29, 0.717) is 31.2 Å². The van der Waals surface area contributed by atoms with Gasteiger partial charge in [-0.15, -0.1) is 0 Å². The number of aromatic nitrogens is 3. The van der Waals surface area contributed by atoms with Crippen LogP contribution < -0.4 is 16.0 Å². The quantitative estimate of drug-likeness (QED) is 0.799. The van der Waals surface area contributed by atoms with Gasteiger partial charge >= 0.3 is 0 Å². The Morgan fingerprint density at radius 2 is 2.10 bits per heavy atom. The van der Waals surface area contributed by atoms with E-state index in [1.165, 1.54) is 0 Å². The molecule has 7 nitrogen and oxygen atoms in total. The second-order valence-corrected chi connectivity index (χ2v) is 5.73. The van der Waals surface area contributed by atoms with E-state index < -0.39 is 0 Å². The molecule has 2 rings (SSSR count). The Labute approximate surface area is 123 Å². The zero-order valence-corrected chi connectivity index (χ0v) is 12.8. The van der Waals surface area contributed by atoms with E-state index in [1.807, 2.05) is 11.8 Å². The number of nitrogens with two attached hydrogens (primary N) is 1. The fourth-order valence-corrected chi connectivity index (χ4v) is 2.53. The van der Waals surface area contributed by atoms with Crippen molar-refractivity contribution in [2.24, 2.45) is 0 Å². The number of hydrogen-bond donors (Lipinski definition) is 2. The first-order valence-corrected chi connectivity index (χ1v) is 8.18. The molecule has 20 heavy (non-hydrogen) atoms. The van der Waals surface area contributed by atoms with E-state index in [0.717, 1.165) is 25.3 Å². The maximum Gasteiger partial charge on any atom is 0.232 e. The highest BCUT2D eigenvalue weighted by Gasteiger charge is 2.16. The molecule has 1 fully saturated rings. The van der Waals surface area contributed by atoms with Gasteiger partial charge in [0.15, 0.2) is 0 Å². The predicted octanol–water partition coefficient (Wildman–Crippen LogP) is 0.844. The predicted molar refractivity (Wildman–Crippen MR) is 83.4 cm³/mol. The van der Waals surface area contributed by atoms with Gasteiger partial charge in [0.1, 0.15) is 0 Å². The largest absolute Gasteiger partial charge is 0.378 e. The maximum atomic E-state index is 5.78. The van der Waals surface area contributed by atoms with Crippen LogP contribution in [0, 0.1) is 0 Å². The third kappa shape index (κ3) is 4.38. The molecule has 1 aliphatic rings. The Balaban J connectivity index is 2.03. The molecule has 3 N–H and O–H groups in total. The standard InChI is InChI=1S/C12H22N6OS/c1-9(3-8-20-2)14-11-15-10(13)16-12(17-11)18-4-6-19-7-5-18/h9H,3-8H2,1-2H3,(H3,13,14,15,16,17). The van der Waals surface area contributed by atoms with Gasteiger partial charge in [0.05, 0.1) is 13.2 Å². The van der Waals surface area contributed by atoms with Crippen molar-refractivity contribution in [3.63, 3.8) is 0 Å². The average Bonchev–Trinajstić information content (AvgIpc) is 2.45. The highest BCUT2D eigenvalue weighted by Crippen LogP contribution is 2.14. The van der Waals surface area contributed by atoms with Crippen LogP contribution in [0.25, 0.3) is 0 Å². The molecule has 1 aliphatic heterocycles. The summed E-state index contributed by atoms with van der Waals surface area (Å²) in [6.07, 6.45) is 3.16. The zero-order chi connectivity index (χ0) is 14.4. The molecule has 8 heteroatoms. The van der Waals surface area contributed by atoms with Crippen molar-refractivity contribution in [1.82, 2.24) is 15.0 Å². The summed E-state index contributed by atoms with van der Waals surface area (Å²) >= 11 is 1.83. The van der Waals surface area contributed by atoms with Crippen LogP contribution >= 0.6 is 11.8 Å². The molecule has 0 saturated carbocycles. The number of nitrogens with zero attached hydrogens (tertiary/aromatic N) is 4. The van der Waals surface area contributed by atoms with Crippen molar-refractivity contribution in [2.75, 3.05) is 54.3 Å². The number of morpholine rings is 1. The van der Waals surface area contributed by atoms with Crippen LogP contribution in [-0.4, -0.2) is 59.3 Å². The van der Waals surface area contributed by atoms with Gasteiger partial charge in [-0.25, -0.2) is 0 Å². The van der Waals surface area contributed by atoms with Gasteiger partial charge in [-0.3, -0.25) is 0 Å². The molecule has 1 aromatic rings. The lowest BCUT2D eigenvalue weighted by molar-refractivity contribution is 0.122. The summed E-state index contributed by atoms with van der Waals surface area (Å²) in [7, 11) is 0. The molecule has 0 radical (unpaired) electrons. The first-order valence-electron chi connectivity index (χ1n) is 6.78. The molecule has 0 bridgehead atoms. The summed E-state index contributed by atoms with van der Waals surface area (Å²) in [5.74, 6) is 2.53. The molecular formula is C12H22N6OS. The Kier molecular flexibility index (Phi) is 5.66. The van der Waals surface area contributed by atoms with E-state index in [4.69, 9.17) is 10.5 Å². The van der Waals surface area contributed by atoms with E-state index in [2.05, 4.69) is 38.3 Å². The molecule has 1 aromatic heterocycles. The van der Waals surface area contributed by atoms with E-state index >= 15 is 0 Å². The number of rotatable bonds is 6. The smallest absolute Gasteiger partial charge is 0.232 e. The third-order valence-electron chi connectivity index (χ3n) is 3.07. The van der Waals surface area contributed by atoms with Gasteiger partial charge in [-0.2, -0.15) is 26.7 Å². The lowest BCUT2D eigenvalue weighted by Gasteiger charge is -2.27. The van der Waals surface area contributed by atoms with Gasteiger partial charge in [0.2, 0.25) is 17.8 Å². The third-order valence-corrected chi connectivity index (χ3v) is 3.71. The molecule has 0 aromatic carbocycles. The van der Waals surface area contributed by atoms with E-state index in [1.54, 1.807) is 0 Å². The van der Waals surface area contributed by atoms with Crippen molar-refractivity contribution in [3.05, 3.63) is 0 Å². The summed E-state index contributed by atoms with van der Waals surface area (Å²) in [6, 6.07) is 0.307. The van der Waals surface area contributed by atoms with Gasteiger partial charge in [0.25, 0.3) is 0 Å². The minimum atomic E-state index is 0.251. The molecule has 0 spiro atoms. The van der Waals surface area contributed by atoms with Gasteiger partial charge in [-0.1, -0.05) is 0 Å². The van der Waals surface area contributed by atoms with Crippen molar-refractivity contribution in [3.8, 4) is 0 Å². The Hall–Kier alpha value is -1.28. The van der Waals surface area contributed by atoms with Gasteiger partial charge in [0, 0.05) is 19.1 Å². The van der Waals surface area contributed by atoms with Crippen molar-refractivity contribution in [2.45, 2.75) is 19.4 Å². The number of thioether (sulfide) groups is 1. The van der Waals surface area contributed by atoms with Crippen LogP contribution in [0.1, 0.15) is 13.3 Å². The highest BCUT2D eigenvalue weighted by molar-refractivity contribution is 7.98. The summed E-state index contributed by atoms with van der Waals surface area (Å²) in [6.45, 7) is 5.07. The summed E-state index contributed by atoms with van der Waals surface area (Å²) in [4.78, 5) is 14.9. The first kappa shape index (κ1) is 15.1. The molecular weight excluding hydrogens is 276 g/mol. The van der Waals surface area contributed by atoms with Crippen LogP contribution in [0.2, 0.25) is 0 Å². The summed E-state index contributed by atoms with van der Waals surface area (Å²) in [5, 5.41) is 3.28. The second kappa shape index (κ2) is 7.49. The Bertz CT molecular complexity index is 426. The van der Waals surface area contributed by atoms with Crippen LogP contribution in [-0.2, 0) is 4.74 Å². The minimum Gasteiger partial charge on any atom is -0.378 e. The fraction of sp³-hybridized carbons (Fsp3) is 0.750. The zero-order valence-electron chi connectivity index (χ0n) is 12.0. The van der Waals surface area contributed by atoms with Crippen LogP contribution in [0.3, 0.4) is 0 Å². The molecule has 1 saturated heterocycles. The van der Waals surface area contributed by atoms with E-state index in [-0.39, 0.29) is 5.95 Å². The number of ether oxygens (including phenoxy) is 1. The van der Waals surface area contributed by atoms with Gasteiger partial charge in [-0.05, 0) is 25.4 Å². The molecule has 112 valence electrons. The first-order chi connectivity index (χ1) is 9.69. The summed E-state index contributed by atoms with van der Waals surface area (Å²) < 4.78 is 5.33. The van der Waals surface area contributed by atoms with E-state index in [9.17, 15) is 0 Å². The molecule has 2 heterocycles. The van der Waals surface area contributed by atoms with Crippen LogP contribution in [0.4, 0.5) is 17.8 Å². The average molecular weight is 298 g/mol. The second-order valence-electron chi connectivity index (χ2n) is 4.74.